The van der Waals surface area contributed by atoms with E-state index < -0.39 is 11.8 Å². The Bertz CT molecular complexity index is 1640. The highest BCUT2D eigenvalue weighted by molar-refractivity contribution is 5.87. The van der Waals surface area contributed by atoms with Gasteiger partial charge in [0.2, 0.25) is 0 Å². The molecule has 8 bridgehead atoms. The molecule has 1 N–H and O–H groups in total. The molecule has 0 radical (unpaired) electrons. The van der Waals surface area contributed by atoms with Gasteiger partial charge in [0.15, 0.2) is 0 Å². The topological polar surface area (TPSA) is 66.3 Å². The zero-order valence-corrected chi connectivity index (χ0v) is 30.7. The lowest BCUT2D eigenvalue weighted by molar-refractivity contribution is -0.0883. The predicted octanol–water partition coefficient (Wildman–Crippen LogP) is 8.97. The first-order valence-corrected chi connectivity index (χ1v) is 19.1. The van der Waals surface area contributed by atoms with Crippen molar-refractivity contribution in [3.8, 4) is 0 Å². The largest absolute Gasteiger partial charge is 0.363 e. The van der Waals surface area contributed by atoms with Gasteiger partial charge in [0, 0.05) is 41.2 Å². The zero-order chi connectivity index (χ0) is 34.9. The lowest BCUT2D eigenvalue weighted by Crippen LogP contribution is -2.43. The number of pyridine rings is 1. The van der Waals surface area contributed by atoms with Gasteiger partial charge in [0.1, 0.15) is 17.3 Å². The van der Waals surface area contributed by atoms with Gasteiger partial charge in [-0.1, -0.05) is 43.9 Å². The number of rotatable bonds is 2. The third kappa shape index (κ3) is 7.73. The normalized spacial score (nSPS) is 27.9. The van der Waals surface area contributed by atoms with Gasteiger partial charge in [-0.2, -0.15) is 0 Å². The van der Waals surface area contributed by atoms with Crippen LogP contribution in [0.1, 0.15) is 139 Å². The third-order valence-corrected chi connectivity index (χ3v) is 12.0. The van der Waals surface area contributed by atoms with E-state index in [1.807, 2.05) is 30.5 Å². The van der Waals surface area contributed by atoms with E-state index in [1.54, 1.807) is 18.2 Å². The van der Waals surface area contributed by atoms with E-state index in [9.17, 15) is 4.79 Å². The van der Waals surface area contributed by atoms with Crippen molar-refractivity contribution in [3.05, 3.63) is 63.2 Å². The van der Waals surface area contributed by atoms with Crippen molar-refractivity contribution in [2.24, 2.45) is 5.92 Å². The quantitative estimate of drug-likeness (QED) is 0.292. The van der Waals surface area contributed by atoms with Crippen LogP contribution >= 0.6 is 0 Å². The van der Waals surface area contributed by atoms with E-state index in [0.29, 0.717) is 42.2 Å². The fourth-order valence-electron chi connectivity index (χ4n) is 8.66. The van der Waals surface area contributed by atoms with Crippen LogP contribution in [-0.4, -0.2) is 62.6 Å². The summed E-state index contributed by atoms with van der Waals surface area (Å²) >= 11 is 0. The molecule has 0 saturated carbocycles. The maximum absolute atomic E-state index is 16.1. The van der Waals surface area contributed by atoms with Gasteiger partial charge in [-0.05, 0) is 130 Å². The van der Waals surface area contributed by atoms with Gasteiger partial charge < -0.3 is 15.1 Å². The first-order valence-electron chi connectivity index (χ1n) is 19.1. The van der Waals surface area contributed by atoms with Gasteiger partial charge in [-0.15, -0.1) is 0 Å². The number of piperidine rings is 2. The fraction of sp³-hybridized carbons (Fsp3) is 0.675. The molecule has 9 heteroatoms. The first kappa shape index (κ1) is 35.9. The van der Waals surface area contributed by atoms with E-state index in [1.165, 1.54) is 0 Å². The molecular weight excluding hydrogens is 618 g/mol. The molecule has 2 unspecified atom stereocenters. The van der Waals surface area contributed by atoms with E-state index in [-0.39, 0.29) is 29.1 Å². The highest BCUT2D eigenvalue weighted by Crippen LogP contribution is 2.43. The van der Waals surface area contributed by atoms with Crippen molar-refractivity contribution in [1.82, 2.24) is 24.3 Å². The average molecular weight is 677 g/mol. The maximum Gasteiger partial charge on any atom is 0.276 e. The number of benzene rings is 1. The van der Waals surface area contributed by atoms with Crippen LogP contribution < -0.4 is 10.9 Å². The Morgan fingerprint density at radius 2 is 1.53 bits per heavy atom. The monoisotopic (exact) mass is 676 g/mol. The molecule has 4 aliphatic rings. The number of aromatic nitrogens is 3. The summed E-state index contributed by atoms with van der Waals surface area (Å²) in [4.78, 5) is 29.1. The molecule has 268 valence electrons. The van der Waals surface area contributed by atoms with Gasteiger partial charge in [0.05, 0.1) is 5.39 Å². The van der Waals surface area contributed by atoms with Crippen LogP contribution in [0.4, 0.5) is 14.6 Å². The van der Waals surface area contributed by atoms with Crippen LogP contribution in [0.3, 0.4) is 0 Å². The average Bonchev–Trinajstić information content (AvgIpc) is 3.09. The Morgan fingerprint density at radius 1 is 0.857 bits per heavy atom. The molecule has 2 saturated heterocycles. The van der Waals surface area contributed by atoms with Crippen molar-refractivity contribution in [3.63, 3.8) is 0 Å². The van der Waals surface area contributed by atoms with Gasteiger partial charge in [-0.25, -0.2) is 18.7 Å². The summed E-state index contributed by atoms with van der Waals surface area (Å²) in [6.07, 6.45) is 9.34. The number of aryl methyl sites for hydroxylation is 1. The standard InChI is InChI=1S/C40H58F2N6O/c1-26(2)46-20-16-31(17-21-46)35-25-36-37-43-29(5)32-14-11-15-34(24-32)40(41,42)33-18-22-47(23-19-33)27(3)12-9-7-8-10-13-28(4)48(39(35)49)38(36)45-30(6)44-37/h11,14-15,24-29,31,33H,7-10,12-13,16-23H2,1-6H3,(H,43,44,45)/t27?,28?,29-/m1/s1. The number of halogens is 2. The summed E-state index contributed by atoms with van der Waals surface area (Å²) in [7, 11) is 0. The lowest BCUT2D eigenvalue weighted by Gasteiger charge is -2.39. The first-order chi connectivity index (χ1) is 23.4. The minimum absolute atomic E-state index is 0.0118. The molecule has 0 amide bonds. The number of hydrogen-bond donors (Lipinski definition) is 1. The number of nitrogens with zero attached hydrogens (tertiary/aromatic N) is 5. The van der Waals surface area contributed by atoms with Crippen LogP contribution in [-0.2, 0) is 5.92 Å². The molecule has 1 aromatic carbocycles. The third-order valence-electron chi connectivity index (χ3n) is 12.0. The second kappa shape index (κ2) is 15.1. The summed E-state index contributed by atoms with van der Waals surface area (Å²) in [5.41, 5.74) is 2.46. The summed E-state index contributed by atoms with van der Waals surface area (Å²) in [5.74, 6) is -2.16. The molecule has 2 fully saturated rings. The summed E-state index contributed by atoms with van der Waals surface area (Å²) in [6.45, 7) is 16.1. The molecule has 7 nitrogen and oxygen atoms in total. The summed E-state index contributed by atoms with van der Waals surface area (Å²) in [6, 6.07) is 9.58. The molecule has 4 aliphatic heterocycles. The minimum atomic E-state index is -2.90. The Morgan fingerprint density at radius 3 is 2.20 bits per heavy atom. The van der Waals surface area contributed by atoms with E-state index in [4.69, 9.17) is 9.97 Å². The Kier molecular flexibility index (Phi) is 11.1. The molecule has 49 heavy (non-hydrogen) atoms. The second-order valence-corrected chi connectivity index (χ2v) is 15.6. The van der Waals surface area contributed by atoms with E-state index in [2.05, 4.69) is 42.8 Å². The molecule has 3 aromatic rings. The molecule has 6 heterocycles. The van der Waals surface area contributed by atoms with E-state index >= 15 is 8.78 Å². The lowest BCUT2D eigenvalue weighted by atomic mass is 9.85. The highest BCUT2D eigenvalue weighted by atomic mass is 19.3. The number of likely N-dealkylation sites (tertiary alicyclic amines) is 1. The maximum atomic E-state index is 16.1. The van der Waals surface area contributed by atoms with E-state index in [0.717, 1.165) is 94.1 Å². The minimum Gasteiger partial charge on any atom is -0.363 e. The molecular formula is C40H58F2N6O. The fourth-order valence-corrected chi connectivity index (χ4v) is 8.66. The van der Waals surface area contributed by atoms with Gasteiger partial charge >= 0.3 is 0 Å². The number of nitrogens with one attached hydrogen (secondary N) is 1. The Balaban J connectivity index is 1.41. The molecule has 0 spiro atoms. The van der Waals surface area contributed by atoms with Crippen molar-refractivity contribution in [1.29, 1.82) is 0 Å². The second-order valence-electron chi connectivity index (χ2n) is 15.6. The van der Waals surface area contributed by atoms with Crippen molar-refractivity contribution in [2.45, 2.75) is 142 Å². The van der Waals surface area contributed by atoms with Crippen LogP contribution in [0.2, 0.25) is 0 Å². The summed E-state index contributed by atoms with van der Waals surface area (Å²) < 4.78 is 34.2. The van der Waals surface area contributed by atoms with Crippen molar-refractivity contribution >= 4 is 16.9 Å². The molecule has 0 aliphatic carbocycles. The van der Waals surface area contributed by atoms with Crippen LogP contribution in [0.5, 0.6) is 0 Å². The number of alkyl halides is 2. The summed E-state index contributed by atoms with van der Waals surface area (Å²) in [5, 5.41) is 4.42. The zero-order valence-electron chi connectivity index (χ0n) is 30.7. The highest BCUT2D eigenvalue weighted by Gasteiger charge is 2.43. The SMILES string of the molecule is Cc1nc2c3cc(C4CCN(C(C)C)CC4)c(=O)n(c3n1)C(C)CCCCCCC(C)N1CCC(CC1)C(F)(F)c1cccc(c1)[C@@H](C)N2. The van der Waals surface area contributed by atoms with Crippen LogP contribution in [0.15, 0.2) is 35.1 Å². The van der Waals surface area contributed by atoms with Gasteiger partial charge in [-0.3, -0.25) is 9.36 Å². The van der Waals surface area contributed by atoms with Crippen molar-refractivity contribution < 1.29 is 8.78 Å². The Hall–Kier alpha value is -2.91. The smallest absolute Gasteiger partial charge is 0.276 e. The predicted molar refractivity (Wildman–Crippen MR) is 196 cm³/mol. The van der Waals surface area contributed by atoms with Crippen LogP contribution in [0, 0.1) is 12.8 Å². The Labute approximate surface area is 291 Å². The molecule has 3 atom stereocenters. The molecule has 2 aromatic heterocycles. The van der Waals surface area contributed by atoms with Crippen LogP contribution in [0.25, 0.3) is 11.0 Å². The number of anilines is 1. The van der Waals surface area contributed by atoms with Gasteiger partial charge in [0.25, 0.3) is 11.5 Å². The molecule has 7 rings (SSSR count). The number of fused-ring (bicyclic) bond motifs is 10. The van der Waals surface area contributed by atoms with Crippen molar-refractivity contribution in [2.75, 3.05) is 31.5 Å². The number of hydrogen-bond acceptors (Lipinski definition) is 6.